The van der Waals surface area contributed by atoms with Gasteiger partial charge < -0.3 is 10.1 Å². The Bertz CT molecular complexity index is 249. The second kappa shape index (κ2) is 5.72. The van der Waals surface area contributed by atoms with Crippen LogP contribution in [0.3, 0.4) is 0 Å². The molecular formula is C14H25NO. The van der Waals surface area contributed by atoms with Crippen molar-refractivity contribution in [1.82, 2.24) is 5.32 Å². The lowest BCUT2D eigenvalue weighted by molar-refractivity contribution is 0.134. The molecule has 0 spiro atoms. The van der Waals surface area contributed by atoms with Gasteiger partial charge in [-0.15, -0.1) is 0 Å². The number of nitrogens with one attached hydrogen (secondary N) is 1. The molecule has 16 heavy (non-hydrogen) atoms. The normalized spacial score (nSPS) is 32.8. The van der Waals surface area contributed by atoms with Gasteiger partial charge in [0.25, 0.3) is 0 Å². The maximum absolute atomic E-state index is 5.82. The van der Waals surface area contributed by atoms with Crippen LogP contribution in [0.25, 0.3) is 0 Å². The standard InChI is InChI=1S/C14H25NO/c1-11-6-5-7-12(10-11)14(15-2)13-8-3-4-9-16-13/h8,11-12,14-15H,3-7,9-10H2,1-2H3. The molecule has 2 nitrogen and oxygen atoms in total. The van der Waals surface area contributed by atoms with Crippen molar-refractivity contribution in [3.63, 3.8) is 0 Å². The van der Waals surface area contributed by atoms with E-state index in [-0.39, 0.29) is 0 Å². The number of hydrogen-bond donors (Lipinski definition) is 1. The van der Waals surface area contributed by atoms with Crippen LogP contribution in [0.2, 0.25) is 0 Å². The minimum Gasteiger partial charge on any atom is -0.497 e. The molecule has 0 amide bonds. The molecule has 0 aromatic rings. The predicted octanol–water partition coefficient (Wildman–Crippen LogP) is 3.10. The van der Waals surface area contributed by atoms with Crippen molar-refractivity contribution in [2.45, 2.75) is 51.5 Å². The van der Waals surface area contributed by atoms with Gasteiger partial charge in [0, 0.05) is 0 Å². The molecule has 92 valence electrons. The molecule has 2 heteroatoms. The van der Waals surface area contributed by atoms with Crippen molar-refractivity contribution >= 4 is 0 Å². The first-order chi connectivity index (χ1) is 7.81. The quantitative estimate of drug-likeness (QED) is 0.794. The monoisotopic (exact) mass is 223 g/mol. The van der Waals surface area contributed by atoms with Crippen LogP contribution in [0.5, 0.6) is 0 Å². The summed E-state index contributed by atoms with van der Waals surface area (Å²) in [6, 6.07) is 0.461. The number of ether oxygens (including phenoxy) is 1. The lowest BCUT2D eigenvalue weighted by Crippen LogP contribution is -2.39. The van der Waals surface area contributed by atoms with Crippen molar-refractivity contribution in [2.75, 3.05) is 13.7 Å². The second-order valence-corrected chi connectivity index (χ2v) is 5.40. The summed E-state index contributed by atoms with van der Waals surface area (Å²) >= 11 is 0. The zero-order valence-electron chi connectivity index (χ0n) is 10.7. The fourth-order valence-electron chi connectivity index (χ4n) is 3.19. The third-order valence-electron chi connectivity index (χ3n) is 4.03. The molecule has 1 aliphatic carbocycles. The van der Waals surface area contributed by atoms with Crippen LogP contribution in [0.4, 0.5) is 0 Å². The van der Waals surface area contributed by atoms with E-state index in [1.165, 1.54) is 44.3 Å². The lowest BCUT2D eigenvalue weighted by Gasteiger charge is -2.35. The summed E-state index contributed by atoms with van der Waals surface area (Å²) in [5.74, 6) is 2.88. The van der Waals surface area contributed by atoms with E-state index in [4.69, 9.17) is 4.74 Å². The summed E-state index contributed by atoms with van der Waals surface area (Å²) in [5, 5.41) is 3.47. The summed E-state index contributed by atoms with van der Waals surface area (Å²) in [6.45, 7) is 3.29. The fraction of sp³-hybridized carbons (Fsp3) is 0.857. The Morgan fingerprint density at radius 1 is 1.38 bits per heavy atom. The summed E-state index contributed by atoms with van der Waals surface area (Å²) < 4.78 is 5.82. The molecule has 3 unspecified atom stereocenters. The number of likely N-dealkylation sites (N-methyl/N-ethyl adjacent to an activating group) is 1. The molecule has 1 heterocycles. The Morgan fingerprint density at radius 3 is 2.88 bits per heavy atom. The van der Waals surface area contributed by atoms with Gasteiger partial charge in [0.2, 0.25) is 0 Å². The molecular weight excluding hydrogens is 198 g/mol. The summed E-state index contributed by atoms with van der Waals surface area (Å²) in [6.07, 6.45) is 10.2. The van der Waals surface area contributed by atoms with Crippen LogP contribution in [0.1, 0.15) is 45.4 Å². The number of allylic oxidation sites excluding steroid dienone is 1. The van der Waals surface area contributed by atoms with Gasteiger partial charge in [-0.05, 0) is 50.6 Å². The van der Waals surface area contributed by atoms with Gasteiger partial charge in [0.15, 0.2) is 0 Å². The van der Waals surface area contributed by atoms with E-state index < -0.39 is 0 Å². The van der Waals surface area contributed by atoms with Crippen molar-refractivity contribution in [3.05, 3.63) is 11.8 Å². The highest BCUT2D eigenvalue weighted by atomic mass is 16.5. The molecule has 2 aliphatic rings. The Hall–Kier alpha value is -0.500. The van der Waals surface area contributed by atoms with E-state index in [2.05, 4.69) is 25.4 Å². The molecule has 1 aliphatic heterocycles. The van der Waals surface area contributed by atoms with E-state index in [9.17, 15) is 0 Å². The second-order valence-electron chi connectivity index (χ2n) is 5.40. The minimum absolute atomic E-state index is 0.461. The van der Waals surface area contributed by atoms with Crippen LogP contribution in [-0.2, 0) is 4.74 Å². The lowest BCUT2D eigenvalue weighted by atomic mass is 9.78. The van der Waals surface area contributed by atoms with Gasteiger partial charge in [0.1, 0.15) is 5.76 Å². The molecule has 2 rings (SSSR count). The first kappa shape index (κ1) is 12.0. The van der Waals surface area contributed by atoms with E-state index in [0.717, 1.165) is 18.4 Å². The smallest absolute Gasteiger partial charge is 0.109 e. The summed E-state index contributed by atoms with van der Waals surface area (Å²) in [5.41, 5.74) is 0. The third-order valence-corrected chi connectivity index (χ3v) is 4.03. The van der Waals surface area contributed by atoms with Crippen molar-refractivity contribution in [2.24, 2.45) is 11.8 Å². The number of rotatable bonds is 3. The van der Waals surface area contributed by atoms with Gasteiger partial charge in [-0.2, -0.15) is 0 Å². The average Bonchev–Trinajstić information content (AvgIpc) is 2.31. The van der Waals surface area contributed by atoms with E-state index in [1.54, 1.807) is 0 Å². The van der Waals surface area contributed by atoms with E-state index >= 15 is 0 Å². The molecule has 0 radical (unpaired) electrons. The third kappa shape index (κ3) is 2.79. The SMILES string of the molecule is CNC(C1=CCCCO1)C1CCCC(C)C1. The minimum atomic E-state index is 0.461. The van der Waals surface area contributed by atoms with Gasteiger partial charge >= 0.3 is 0 Å². The van der Waals surface area contributed by atoms with Crippen LogP contribution in [0.15, 0.2) is 11.8 Å². The molecule has 1 N–H and O–H groups in total. The highest BCUT2D eigenvalue weighted by molar-refractivity contribution is 5.08. The molecule has 0 saturated heterocycles. The first-order valence-electron chi connectivity index (χ1n) is 6.81. The molecule has 1 fully saturated rings. The molecule has 1 saturated carbocycles. The van der Waals surface area contributed by atoms with E-state index in [1.807, 2.05) is 0 Å². The average molecular weight is 223 g/mol. The topological polar surface area (TPSA) is 21.3 Å². The summed E-state index contributed by atoms with van der Waals surface area (Å²) in [7, 11) is 2.07. The van der Waals surface area contributed by atoms with Crippen molar-refractivity contribution < 1.29 is 4.74 Å². The van der Waals surface area contributed by atoms with Crippen LogP contribution < -0.4 is 5.32 Å². The largest absolute Gasteiger partial charge is 0.497 e. The Kier molecular flexibility index (Phi) is 4.28. The molecule has 0 aromatic carbocycles. The Balaban J connectivity index is 2.00. The van der Waals surface area contributed by atoms with Crippen LogP contribution in [0, 0.1) is 11.8 Å². The first-order valence-corrected chi connectivity index (χ1v) is 6.81. The molecule has 0 aromatic heterocycles. The van der Waals surface area contributed by atoms with Gasteiger partial charge in [-0.1, -0.05) is 19.8 Å². The van der Waals surface area contributed by atoms with Crippen LogP contribution in [-0.4, -0.2) is 19.7 Å². The van der Waals surface area contributed by atoms with Crippen molar-refractivity contribution in [3.8, 4) is 0 Å². The Labute approximate surface area is 99.4 Å². The Morgan fingerprint density at radius 2 is 2.25 bits per heavy atom. The predicted molar refractivity (Wildman–Crippen MR) is 67.2 cm³/mol. The van der Waals surface area contributed by atoms with Crippen LogP contribution >= 0.6 is 0 Å². The van der Waals surface area contributed by atoms with Gasteiger partial charge in [-0.25, -0.2) is 0 Å². The highest BCUT2D eigenvalue weighted by Gasteiger charge is 2.29. The number of hydrogen-bond acceptors (Lipinski definition) is 2. The molecule has 3 atom stereocenters. The van der Waals surface area contributed by atoms with Gasteiger partial charge in [0.05, 0.1) is 12.6 Å². The maximum atomic E-state index is 5.82. The molecule has 0 bridgehead atoms. The van der Waals surface area contributed by atoms with Crippen molar-refractivity contribution in [1.29, 1.82) is 0 Å². The zero-order chi connectivity index (χ0) is 11.4. The maximum Gasteiger partial charge on any atom is 0.109 e. The zero-order valence-corrected chi connectivity index (χ0v) is 10.7. The van der Waals surface area contributed by atoms with E-state index in [0.29, 0.717) is 6.04 Å². The summed E-state index contributed by atoms with van der Waals surface area (Å²) in [4.78, 5) is 0. The highest BCUT2D eigenvalue weighted by Crippen LogP contribution is 2.33. The fourth-order valence-corrected chi connectivity index (χ4v) is 3.19. The van der Waals surface area contributed by atoms with Gasteiger partial charge in [-0.3, -0.25) is 0 Å².